The van der Waals surface area contributed by atoms with E-state index in [2.05, 4.69) is 53.3 Å². The minimum Gasteiger partial charge on any atom is -0.161 e. The van der Waals surface area contributed by atoms with Crippen molar-refractivity contribution in [1.29, 1.82) is 0 Å². The Morgan fingerprint density at radius 3 is 1.43 bits per heavy atom. The van der Waals surface area contributed by atoms with Gasteiger partial charge >= 0.3 is 0 Å². The Morgan fingerprint density at radius 2 is 1.14 bits per heavy atom. The van der Waals surface area contributed by atoms with Crippen molar-refractivity contribution in [3.63, 3.8) is 0 Å². The molecule has 1 aliphatic heterocycles. The van der Waals surface area contributed by atoms with Gasteiger partial charge in [0, 0.05) is 0 Å². The van der Waals surface area contributed by atoms with Gasteiger partial charge in [0.25, 0.3) is 0 Å². The first kappa shape index (κ1) is 12.4. The number of hydrogen-bond acceptors (Lipinski definition) is 1. The summed E-state index contributed by atoms with van der Waals surface area (Å²) in [5.74, 6) is 4.56. The standard InChI is InChI=1S/C13H26S/c1-12(2,3)10-7-11(9-14-8-10)13(4,5)6/h10-11H,7-9H2,1-6H3/t10-,11-/m0/s1. The molecule has 1 fully saturated rings. The zero-order valence-electron chi connectivity index (χ0n) is 10.7. The van der Waals surface area contributed by atoms with Gasteiger partial charge < -0.3 is 0 Å². The normalized spacial score (nSPS) is 30.4. The molecule has 0 aliphatic carbocycles. The molecule has 0 N–H and O–H groups in total. The third kappa shape index (κ3) is 3.18. The minimum atomic E-state index is 0.497. The van der Waals surface area contributed by atoms with Gasteiger partial charge in [-0.2, -0.15) is 11.8 Å². The fraction of sp³-hybridized carbons (Fsp3) is 1.00. The van der Waals surface area contributed by atoms with Gasteiger partial charge in [-0.3, -0.25) is 0 Å². The van der Waals surface area contributed by atoms with E-state index in [-0.39, 0.29) is 0 Å². The summed E-state index contributed by atoms with van der Waals surface area (Å²) in [6.07, 6.45) is 1.43. The van der Waals surface area contributed by atoms with Gasteiger partial charge in [0.05, 0.1) is 0 Å². The van der Waals surface area contributed by atoms with Crippen LogP contribution in [-0.4, -0.2) is 11.5 Å². The van der Waals surface area contributed by atoms with Crippen LogP contribution < -0.4 is 0 Å². The van der Waals surface area contributed by atoms with Crippen molar-refractivity contribution in [3.8, 4) is 0 Å². The van der Waals surface area contributed by atoms with E-state index in [1.165, 1.54) is 17.9 Å². The van der Waals surface area contributed by atoms with Gasteiger partial charge in [-0.25, -0.2) is 0 Å². The Labute approximate surface area is 94.2 Å². The predicted octanol–water partition coefficient (Wildman–Crippen LogP) is 4.45. The van der Waals surface area contributed by atoms with E-state index in [4.69, 9.17) is 0 Å². The highest BCUT2D eigenvalue weighted by Gasteiger charge is 2.35. The lowest BCUT2D eigenvalue weighted by atomic mass is 9.70. The molecule has 0 amide bonds. The van der Waals surface area contributed by atoms with Crippen LogP contribution in [0.5, 0.6) is 0 Å². The fourth-order valence-electron chi connectivity index (χ4n) is 2.04. The molecule has 0 aromatic heterocycles. The van der Waals surface area contributed by atoms with Crippen LogP contribution in [0.4, 0.5) is 0 Å². The maximum atomic E-state index is 2.39. The SMILES string of the molecule is CC(C)(C)[C@@H]1CSC[C@@H](C(C)(C)C)C1. The van der Waals surface area contributed by atoms with Gasteiger partial charge in [-0.05, 0) is 40.6 Å². The average molecular weight is 214 g/mol. The van der Waals surface area contributed by atoms with Crippen LogP contribution in [0.2, 0.25) is 0 Å². The summed E-state index contributed by atoms with van der Waals surface area (Å²) in [7, 11) is 0. The van der Waals surface area contributed by atoms with Gasteiger partial charge in [0.1, 0.15) is 0 Å². The molecule has 0 saturated carbocycles. The highest BCUT2D eigenvalue weighted by Crippen LogP contribution is 2.44. The molecule has 2 atom stereocenters. The molecule has 0 bridgehead atoms. The quantitative estimate of drug-likeness (QED) is 0.574. The van der Waals surface area contributed by atoms with Crippen LogP contribution in [0.25, 0.3) is 0 Å². The first-order valence-electron chi connectivity index (χ1n) is 5.79. The largest absolute Gasteiger partial charge is 0.161 e. The minimum absolute atomic E-state index is 0.497. The van der Waals surface area contributed by atoms with Crippen LogP contribution in [0, 0.1) is 22.7 Å². The van der Waals surface area contributed by atoms with Crippen molar-refractivity contribution >= 4 is 11.8 Å². The molecule has 1 aliphatic rings. The fourth-order valence-corrected chi connectivity index (χ4v) is 4.02. The summed E-state index contributed by atoms with van der Waals surface area (Å²) < 4.78 is 0. The molecular formula is C13H26S. The second-order valence-electron chi connectivity index (χ2n) is 6.90. The topological polar surface area (TPSA) is 0 Å². The zero-order valence-corrected chi connectivity index (χ0v) is 11.5. The van der Waals surface area contributed by atoms with Crippen LogP contribution >= 0.6 is 11.8 Å². The Kier molecular flexibility index (Phi) is 3.62. The number of hydrogen-bond donors (Lipinski definition) is 0. The maximum absolute atomic E-state index is 2.39. The second-order valence-corrected chi connectivity index (χ2v) is 7.97. The van der Waals surface area contributed by atoms with E-state index in [9.17, 15) is 0 Å². The maximum Gasteiger partial charge on any atom is -0.00339 e. The first-order valence-corrected chi connectivity index (χ1v) is 6.94. The molecule has 1 heterocycles. The number of rotatable bonds is 0. The van der Waals surface area contributed by atoms with Crippen LogP contribution in [0.3, 0.4) is 0 Å². The Morgan fingerprint density at radius 1 is 0.786 bits per heavy atom. The molecule has 1 rings (SSSR count). The van der Waals surface area contributed by atoms with Crippen molar-refractivity contribution in [1.82, 2.24) is 0 Å². The summed E-state index contributed by atoms with van der Waals surface area (Å²) >= 11 is 2.16. The highest BCUT2D eigenvalue weighted by molar-refractivity contribution is 7.99. The van der Waals surface area contributed by atoms with E-state index >= 15 is 0 Å². The second kappa shape index (κ2) is 4.08. The smallest absolute Gasteiger partial charge is 0.00339 e. The lowest BCUT2D eigenvalue weighted by Gasteiger charge is -2.42. The van der Waals surface area contributed by atoms with E-state index < -0.39 is 0 Å². The molecule has 0 spiro atoms. The van der Waals surface area contributed by atoms with Crippen molar-refractivity contribution < 1.29 is 0 Å². The third-order valence-electron chi connectivity index (χ3n) is 3.66. The average Bonchev–Trinajstić information content (AvgIpc) is 2.01. The first-order chi connectivity index (χ1) is 6.21. The van der Waals surface area contributed by atoms with E-state index in [1.807, 2.05) is 0 Å². The molecule has 84 valence electrons. The van der Waals surface area contributed by atoms with Crippen LogP contribution in [0.15, 0.2) is 0 Å². The highest BCUT2D eigenvalue weighted by atomic mass is 32.2. The van der Waals surface area contributed by atoms with Crippen molar-refractivity contribution in [3.05, 3.63) is 0 Å². The van der Waals surface area contributed by atoms with Crippen molar-refractivity contribution in [2.75, 3.05) is 11.5 Å². The summed E-state index contributed by atoms with van der Waals surface area (Å²) in [5.41, 5.74) is 0.994. The number of thioether (sulfide) groups is 1. The lowest BCUT2D eigenvalue weighted by molar-refractivity contribution is 0.156. The van der Waals surface area contributed by atoms with Crippen LogP contribution in [-0.2, 0) is 0 Å². The predicted molar refractivity (Wildman–Crippen MR) is 67.8 cm³/mol. The molecule has 0 aromatic carbocycles. The molecular weight excluding hydrogens is 188 g/mol. The summed E-state index contributed by atoms with van der Waals surface area (Å²) in [6, 6.07) is 0. The molecule has 0 aromatic rings. The lowest BCUT2D eigenvalue weighted by Crippen LogP contribution is -2.35. The zero-order chi connectivity index (χ0) is 11.0. The van der Waals surface area contributed by atoms with E-state index in [1.54, 1.807) is 0 Å². The van der Waals surface area contributed by atoms with Crippen molar-refractivity contribution in [2.24, 2.45) is 22.7 Å². The summed E-state index contributed by atoms with van der Waals surface area (Å²) in [4.78, 5) is 0. The summed E-state index contributed by atoms with van der Waals surface area (Å²) in [6.45, 7) is 14.4. The van der Waals surface area contributed by atoms with Crippen molar-refractivity contribution in [2.45, 2.75) is 48.0 Å². The van der Waals surface area contributed by atoms with Gasteiger partial charge in [0.2, 0.25) is 0 Å². The third-order valence-corrected chi connectivity index (χ3v) is 4.93. The van der Waals surface area contributed by atoms with E-state index in [0.717, 1.165) is 11.8 Å². The molecule has 0 radical (unpaired) electrons. The Bertz CT molecular complexity index is 162. The van der Waals surface area contributed by atoms with Gasteiger partial charge in [-0.1, -0.05) is 41.5 Å². The summed E-state index contributed by atoms with van der Waals surface area (Å²) in [5, 5.41) is 0. The Balaban J connectivity index is 2.61. The van der Waals surface area contributed by atoms with E-state index in [0.29, 0.717) is 10.8 Å². The molecule has 0 unspecified atom stereocenters. The molecule has 1 saturated heterocycles. The van der Waals surface area contributed by atoms with Gasteiger partial charge in [-0.15, -0.1) is 0 Å². The van der Waals surface area contributed by atoms with Gasteiger partial charge in [0.15, 0.2) is 0 Å². The molecule has 14 heavy (non-hydrogen) atoms. The molecule has 0 nitrogen and oxygen atoms in total. The monoisotopic (exact) mass is 214 g/mol. The Hall–Kier alpha value is 0.350. The van der Waals surface area contributed by atoms with Crippen LogP contribution in [0.1, 0.15) is 48.0 Å². The molecule has 1 heteroatoms.